The van der Waals surface area contributed by atoms with E-state index in [4.69, 9.17) is 9.57 Å². The van der Waals surface area contributed by atoms with Crippen LogP contribution in [0.3, 0.4) is 0 Å². The third-order valence-corrected chi connectivity index (χ3v) is 2.75. The van der Waals surface area contributed by atoms with E-state index in [0.717, 1.165) is 19.3 Å². The zero-order valence-electron chi connectivity index (χ0n) is 10.1. The van der Waals surface area contributed by atoms with Gasteiger partial charge in [0.2, 0.25) is 0 Å². The summed E-state index contributed by atoms with van der Waals surface area (Å²) >= 11 is 0. The van der Waals surface area contributed by atoms with Crippen LogP contribution < -0.4 is 5.48 Å². The standard InChI is InChI=1S/C12H23NO2/c1-5-6-12(7-10(2)3)8-11(9-14-4)15-13-12/h5,10-11,13H,1,6-9H2,2-4H3. The molecule has 1 heterocycles. The number of methoxy groups -OCH3 is 1. The van der Waals surface area contributed by atoms with Gasteiger partial charge in [0.15, 0.2) is 0 Å². The lowest BCUT2D eigenvalue weighted by molar-refractivity contribution is -0.0245. The minimum Gasteiger partial charge on any atom is -0.382 e. The zero-order chi connectivity index (χ0) is 11.3. The highest BCUT2D eigenvalue weighted by molar-refractivity contribution is 4.97. The highest BCUT2D eigenvalue weighted by Crippen LogP contribution is 2.32. The molecule has 0 aromatic heterocycles. The molecule has 0 saturated carbocycles. The second-order valence-corrected chi connectivity index (χ2v) is 4.87. The topological polar surface area (TPSA) is 30.5 Å². The Hall–Kier alpha value is -0.380. The number of hydroxylamine groups is 1. The molecule has 3 heteroatoms. The van der Waals surface area contributed by atoms with Crippen LogP contribution in [-0.2, 0) is 9.57 Å². The van der Waals surface area contributed by atoms with Gasteiger partial charge in [-0.15, -0.1) is 6.58 Å². The van der Waals surface area contributed by atoms with Gasteiger partial charge < -0.3 is 4.74 Å². The van der Waals surface area contributed by atoms with Crippen LogP contribution in [0.1, 0.15) is 33.1 Å². The van der Waals surface area contributed by atoms with Crippen LogP contribution in [0.25, 0.3) is 0 Å². The van der Waals surface area contributed by atoms with Crippen molar-refractivity contribution in [1.82, 2.24) is 5.48 Å². The number of hydrogen-bond donors (Lipinski definition) is 1. The fourth-order valence-electron chi connectivity index (χ4n) is 2.40. The quantitative estimate of drug-likeness (QED) is 0.687. The molecule has 1 saturated heterocycles. The molecule has 0 radical (unpaired) electrons. The first-order valence-corrected chi connectivity index (χ1v) is 5.64. The van der Waals surface area contributed by atoms with Crippen molar-refractivity contribution in [3.8, 4) is 0 Å². The molecule has 3 nitrogen and oxygen atoms in total. The van der Waals surface area contributed by atoms with Crippen molar-refractivity contribution in [3.05, 3.63) is 12.7 Å². The van der Waals surface area contributed by atoms with Gasteiger partial charge in [0, 0.05) is 12.6 Å². The molecular formula is C12H23NO2. The van der Waals surface area contributed by atoms with Gasteiger partial charge in [-0.25, -0.2) is 0 Å². The van der Waals surface area contributed by atoms with E-state index in [-0.39, 0.29) is 11.6 Å². The van der Waals surface area contributed by atoms with E-state index in [2.05, 4.69) is 25.9 Å². The summed E-state index contributed by atoms with van der Waals surface area (Å²) in [7, 11) is 1.71. The molecule has 0 aromatic rings. The van der Waals surface area contributed by atoms with Gasteiger partial charge in [-0.2, -0.15) is 5.48 Å². The molecule has 0 aliphatic carbocycles. The Morgan fingerprint density at radius 1 is 1.67 bits per heavy atom. The van der Waals surface area contributed by atoms with E-state index in [1.807, 2.05) is 6.08 Å². The van der Waals surface area contributed by atoms with Crippen LogP contribution in [0.2, 0.25) is 0 Å². The smallest absolute Gasteiger partial charge is 0.104 e. The Balaban J connectivity index is 2.55. The Labute approximate surface area is 92.8 Å². The first kappa shape index (κ1) is 12.7. The van der Waals surface area contributed by atoms with Gasteiger partial charge in [-0.1, -0.05) is 19.9 Å². The van der Waals surface area contributed by atoms with Crippen molar-refractivity contribution in [2.24, 2.45) is 5.92 Å². The van der Waals surface area contributed by atoms with Crippen molar-refractivity contribution in [1.29, 1.82) is 0 Å². The number of ether oxygens (including phenoxy) is 1. The molecule has 0 amide bonds. The summed E-state index contributed by atoms with van der Waals surface area (Å²) in [6.07, 6.45) is 5.21. The summed E-state index contributed by atoms with van der Waals surface area (Å²) in [6, 6.07) is 0. The SMILES string of the molecule is C=CCC1(CC(C)C)CC(COC)ON1. The third-order valence-electron chi connectivity index (χ3n) is 2.75. The Bertz CT molecular complexity index is 206. The summed E-state index contributed by atoms with van der Waals surface area (Å²) in [5.74, 6) is 0.655. The zero-order valence-corrected chi connectivity index (χ0v) is 10.1. The number of nitrogens with one attached hydrogen (secondary N) is 1. The van der Waals surface area contributed by atoms with Crippen LogP contribution >= 0.6 is 0 Å². The van der Waals surface area contributed by atoms with Crippen molar-refractivity contribution in [2.75, 3.05) is 13.7 Å². The summed E-state index contributed by atoms with van der Waals surface area (Å²) in [4.78, 5) is 5.54. The predicted molar refractivity (Wildman–Crippen MR) is 61.5 cm³/mol. The summed E-state index contributed by atoms with van der Waals surface area (Å²) in [6.45, 7) is 8.94. The molecule has 1 aliphatic rings. The number of hydrogen-bond acceptors (Lipinski definition) is 3. The van der Waals surface area contributed by atoms with E-state index in [1.165, 1.54) is 0 Å². The largest absolute Gasteiger partial charge is 0.382 e. The van der Waals surface area contributed by atoms with Crippen molar-refractivity contribution in [2.45, 2.75) is 44.8 Å². The van der Waals surface area contributed by atoms with Gasteiger partial charge in [-0.3, -0.25) is 4.84 Å². The molecule has 1 fully saturated rings. The molecule has 0 aromatic carbocycles. The molecule has 15 heavy (non-hydrogen) atoms. The van der Waals surface area contributed by atoms with Gasteiger partial charge in [-0.05, 0) is 25.2 Å². The van der Waals surface area contributed by atoms with Gasteiger partial charge in [0.1, 0.15) is 6.10 Å². The lowest BCUT2D eigenvalue weighted by atomic mass is 9.83. The second kappa shape index (κ2) is 5.64. The average molecular weight is 213 g/mol. The molecule has 0 bridgehead atoms. The molecule has 2 unspecified atom stereocenters. The Kier molecular flexibility index (Phi) is 4.77. The fraction of sp³-hybridized carbons (Fsp3) is 0.833. The van der Waals surface area contributed by atoms with E-state index in [9.17, 15) is 0 Å². The van der Waals surface area contributed by atoms with Crippen LogP contribution in [0, 0.1) is 5.92 Å². The van der Waals surface area contributed by atoms with E-state index >= 15 is 0 Å². The molecule has 2 atom stereocenters. The molecule has 0 spiro atoms. The average Bonchev–Trinajstić information content (AvgIpc) is 2.49. The third kappa shape index (κ3) is 3.59. The van der Waals surface area contributed by atoms with Gasteiger partial charge >= 0.3 is 0 Å². The van der Waals surface area contributed by atoms with Crippen LogP contribution in [-0.4, -0.2) is 25.4 Å². The highest BCUT2D eigenvalue weighted by atomic mass is 16.7. The molecule has 1 rings (SSSR count). The van der Waals surface area contributed by atoms with Gasteiger partial charge in [0.25, 0.3) is 0 Å². The first-order chi connectivity index (χ1) is 7.12. The molecular weight excluding hydrogens is 190 g/mol. The molecule has 1 N–H and O–H groups in total. The van der Waals surface area contributed by atoms with Crippen molar-refractivity contribution >= 4 is 0 Å². The summed E-state index contributed by atoms with van der Waals surface area (Å²) in [5, 5.41) is 0. The van der Waals surface area contributed by atoms with Crippen LogP contribution in [0.5, 0.6) is 0 Å². The van der Waals surface area contributed by atoms with E-state index in [1.54, 1.807) is 7.11 Å². The van der Waals surface area contributed by atoms with Gasteiger partial charge in [0.05, 0.1) is 6.61 Å². The van der Waals surface area contributed by atoms with E-state index in [0.29, 0.717) is 12.5 Å². The molecule has 88 valence electrons. The fourth-order valence-corrected chi connectivity index (χ4v) is 2.40. The maximum absolute atomic E-state index is 5.54. The summed E-state index contributed by atoms with van der Waals surface area (Å²) in [5.41, 5.74) is 3.25. The monoisotopic (exact) mass is 213 g/mol. The van der Waals surface area contributed by atoms with Crippen LogP contribution in [0.15, 0.2) is 12.7 Å². The van der Waals surface area contributed by atoms with Crippen LogP contribution in [0.4, 0.5) is 0 Å². The van der Waals surface area contributed by atoms with Crippen molar-refractivity contribution < 1.29 is 9.57 Å². The first-order valence-electron chi connectivity index (χ1n) is 5.64. The minimum atomic E-state index is 0.0686. The lowest BCUT2D eigenvalue weighted by Crippen LogP contribution is -2.39. The molecule has 1 aliphatic heterocycles. The summed E-state index contributed by atoms with van der Waals surface area (Å²) < 4.78 is 5.11. The highest BCUT2D eigenvalue weighted by Gasteiger charge is 2.39. The Morgan fingerprint density at radius 2 is 2.40 bits per heavy atom. The Morgan fingerprint density at radius 3 is 2.93 bits per heavy atom. The number of rotatable bonds is 6. The minimum absolute atomic E-state index is 0.0686. The predicted octanol–water partition coefficient (Wildman–Crippen LogP) is 2.29. The maximum Gasteiger partial charge on any atom is 0.104 e. The maximum atomic E-state index is 5.54. The van der Waals surface area contributed by atoms with Crippen molar-refractivity contribution in [3.63, 3.8) is 0 Å². The van der Waals surface area contributed by atoms with E-state index < -0.39 is 0 Å². The normalized spacial score (nSPS) is 31.1. The lowest BCUT2D eigenvalue weighted by Gasteiger charge is -2.28. The second-order valence-electron chi connectivity index (χ2n) is 4.87.